The summed E-state index contributed by atoms with van der Waals surface area (Å²) in [6.45, 7) is 8.69. The van der Waals surface area contributed by atoms with E-state index < -0.39 is 64.2 Å². The number of aliphatic hydroxyl groups is 1. The van der Waals surface area contributed by atoms with Crippen molar-refractivity contribution in [2.24, 2.45) is 35.0 Å². The highest BCUT2D eigenvalue weighted by molar-refractivity contribution is 6.00. The number of anilines is 1. The van der Waals surface area contributed by atoms with Crippen molar-refractivity contribution < 1.29 is 33.8 Å². The van der Waals surface area contributed by atoms with Crippen LogP contribution >= 0.6 is 0 Å². The number of carbonyl (C=O) groups excluding carboxylic acids is 4. The van der Waals surface area contributed by atoms with Gasteiger partial charge >= 0.3 is 11.9 Å². The van der Waals surface area contributed by atoms with Crippen LogP contribution in [-0.2, 0) is 23.9 Å². The molecular weight excluding hydrogens is 486 g/mol. The summed E-state index contributed by atoms with van der Waals surface area (Å²) in [4.78, 5) is 51.3. The number of ketones is 1. The lowest BCUT2D eigenvalue weighted by Crippen LogP contribution is -2.63. The van der Waals surface area contributed by atoms with Gasteiger partial charge in [-0.15, -0.1) is 0 Å². The topological polar surface area (TPSA) is 119 Å². The molecule has 0 amide bonds. The Morgan fingerprint density at radius 3 is 2.47 bits per heavy atom. The highest BCUT2D eigenvalue weighted by atomic mass is 16.6. The Balaban J connectivity index is 1.68. The van der Waals surface area contributed by atoms with Gasteiger partial charge in [0.05, 0.1) is 11.2 Å². The molecule has 202 valence electrons. The lowest BCUT2D eigenvalue weighted by Gasteiger charge is -2.52. The van der Waals surface area contributed by atoms with Gasteiger partial charge in [-0.3, -0.25) is 14.4 Å². The summed E-state index contributed by atoms with van der Waals surface area (Å²) in [5.41, 5.74) is -1.54. The Labute approximate surface area is 222 Å². The van der Waals surface area contributed by atoms with Crippen LogP contribution in [0.2, 0.25) is 0 Å². The molecule has 4 aliphatic carbocycles. The molecular formula is C30H35NO7. The molecule has 4 aliphatic rings. The number of fused-ring (bicyclic) bond motifs is 5. The first kappa shape index (κ1) is 26.4. The van der Waals surface area contributed by atoms with Gasteiger partial charge in [-0.05, 0) is 36.6 Å². The van der Waals surface area contributed by atoms with Gasteiger partial charge in [0.25, 0.3) is 0 Å². The lowest BCUT2D eigenvalue weighted by atomic mass is 9.60. The summed E-state index contributed by atoms with van der Waals surface area (Å²) < 4.78 is 12.3. The average molecular weight is 522 g/mol. The number of rotatable bonds is 5. The number of carbonyl (C=O) groups is 4. The zero-order chi connectivity index (χ0) is 27.8. The Morgan fingerprint density at radius 1 is 1.16 bits per heavy atom. The third kappa shape index (κ3) is 3.32. The van der Waals surface area contributed by atoms with Crippen molar-refractivity contribution in [3.05, 3.63) is 53.1 Å². The van der Waals surface area contributed by atoms with Gasteiger partial charge in [0, 0.05) is 54.7 Å². The molecule has 0 unspecified atom stereocenters. The summed E-state index contributed by atoms with van der Waals surface area (Å²) in [6.07, 6.45) is 3.55. The number of hydrogen-bond acceptors (Lipinski definition) is 8. The number of ether oxygens (including phenoxy) is 2. The largest absolute Gasteiger partial charge is 0.454 e. The van der Waals surface area contributed by atoms with E-state index in [4.69, 9.17) is 9.47 Å². The molecule has 0 bridgehead atoms. The van der Waals surface area contributed by atoms with Crippen molar-refractivity contribution in [2.75, 3.05) is 12.4 Å². The van der Waals surface area contributed by atoms with E-state index in [1.165, 1.54) is 6.92 Å². The first-order valence-corrected chi connectivity index (χ1v) is 13.1. The summed E-state index contributed by atoms with van der Waals surface area (Å²) in [5, 5.41) is 15.7. The molecule has 8 nitrogen and oxygen atoms in total. The fraction of sp³-hybridized carbons (Fsp3) is 0.533. The molecule has 5 rings (SSSR count). The van der Waals surface area contributed by atoms with Crippen molar-refractivity contribution in [1.82, 2.24) is 0 Å². The maximum Gasteiger partial charge on any atom is 0.340 e. The second-order valence-corrected chi connectivity index (χ2v) is 11.8. The van der Waals surface area contributed by atoms with E-state index in [9.17, 15) is 24.3 Å². The fourth-order valence-corrected chi connectivity index (χ4v) is 7.97. The molecule has 0 spiro atoms. The molecule has 38 heavy (non-hydrogen) atoms. The summed E-state index contributed by atoms with van der Waals surface area (Å²) in [5.74, 6) is -4.17. The molecule has 0 saturated heterocycles. The normalized spacial score (nSPS) is 38.3. The standard InChI is InChI=1S/C30H35NO7/c1-15-11-21-20(24(15)34)12-18(14-32)13-22-25-28(4,5)30(25,38-17(3)33)26(16(2)29(21,22)36)37-27(35)19-9-7-8-10-23(19)31-6/h7-11,13-14,16,20-22,25-26,31,36H,12H2,1-6H3/t16-,20+,21-,22+,25-,26-,29+,30-/m1/s1. The fourth-order valence-electron chi connectivity index (χ4n) is 7.97. The minimum atomic E-state index is -1.53. The highest BCUT2D eigenvalue weighted by Crippen LogP contribution is 2.77. The van der Waals surface area contributed by atoms with Crippen LogP contribution in [-0.4, -0.2) is 53.5 Å². The smallest absolute Gasteiger partial charge is 0.340 e. The SMILES string of the molecule is CNc1ccccc1C(=O)O[C@@H]1[C@@H](C)[C@]2(O)[C@@H]3C=C(C)C(=O)[C@H]3CC(C=O)=C[C@H]2[C@@H]2C(C)(C)[C@]12OC(C)=O. The predicted molar refractivity (Wildman–Crippen MR) is 139 cm³/mol. The van der Waals surface area contributed by atoms with Gasteiger partial charge in [-0.1, -0.05) is 45.1 Å². The Bertz CT molecular complexity index is 1300. The summed E-state index contributed by atoms with van der Waals surface area (Å²) in [6, 6.07) is 6.94. The van der Waals surface area contributed by atoms with E-state index in [2.05, 4.69) is 5.32 Å². The van der Waals surface area contributed by atoms with Gasteiger partial charge in [0.15, 0.2) is 11.4 Å². The number of aldehydes is 1. The molecule has 1 aromatic rings. The first-order valence-electron chi connectivity index (χ1n) is 13.1. The van der Waals surface area contributed by atoms with Gasteiger partial charge < -0.3 is 19.9 Å². The monoisotopic (exact) mass is 521 g/mol. The Morgan fingerprint density at radius 2 is 1.84 bits per heavy atom. The summed E-state index contributed by atoms with van der Waals surface area (Å²) >= 11 is 0. The summed E-state index contributed by atoms with van der Waals surface area (Å²) in [7, 11) is 1.71. The van der Waals surface area contributed by atoms with E-state index >= 15 is 0 Å². The van der Waals surface area contributed by atoms with Crippen LogP contribution in [0.15, 0.2) is 47.6 Å². The van der Waals surface area contributed by atoms with Crippen molar-refractivity contribution in [2.45, 2.75) is 58.3 Å². The van der Waals surface area contributed by atoms with Crippen LogP contribution in [0, 0.1) is 35.0 Å². The lowest BCUT2D eigenvalue weighted by molar-refractivity contribution is -0.207. The molecule has 8 heteroatoms. The van der Waals surface area contributed by atoms with Crippen LogP contribution < -0.4 is 5.32 Å². The van der Waals surface area contributed by atoms with E-state index in [1.807, 2.05) is 19.9 Å². The quantitative estimate of drug-likeness (QED) is 0.446. The van der Waals surface area contributed by atoms with Gasteiger partial charge in [0.2, 0.25) is 0 Å². The Hall–Kier alpha value is -3.26. The zero-order valence-electron chi connectivity index (χ0n) is 22.6. The molecule has 1 aromatic carbocycles. The third-order valence-electron chi connectivity index (χ3n) is 9.75. The molecule has 0 radical (unpaired) electrons. The molecule has 0 aliphatic heterocycles. The van der Waals surface area contributed by atoms with Crippen LogP contribution in [0.25, 0.3) is 0 Å². The molecule has 2 saturated carbocycles. The number of allylic oxidation sites excluding steroid dienone is 2. The van der Waals surface area contributed by atoms with Crippen LogP contribution in [0.4, 0.5) is 5.69 Å². The molecule has 8 atom stereocenters. The molecule has 2 N–H and O–H groups in total. The van der Waals surface area contributed by atoms with Crippen molar-refractivity contribution in [3.63, 3.8) is 0 Å². The molecule has 2 fully saturated rings. The number of nitrogens with one attached hydrogen (secondary N) is 1. The minimum Gasteiger partial charge on any atom is -0.454 e. The third-order valence-corrected chi connectivity index (χ3v) is 9.75. The highest BCUT2D eigenvalue weighted by Gasteiger charge is 2.87. The van der Waals surface area contributed by atoms with E-state index in [0.29, 0.717) is 22.4 Å². The molecule has 0 heterocycles. The van der Waals surface area contributed by atoms with E-state index in [1.54, 1.807) is 51.2 Å². The van der Waals surface area contributed by atoms with Crippen LogP contribution in [0.5, 0.6) is 0 Å². The maximum absolute atomic E-state index is 13.6. The van der Waals surface area contributed by atoms with Crippen LogP contribution in [0.3, 0.4) is 0 Å². The van der Waals surface area contributed by atoms with Gasteiger partial charge in [-0.25, -0.2) is 4.79 Å². The number of hydrogen-bond donors (Lipinski definition) is 2. The first-order chi connectivity index (χ1) is 17.9. The van der Waals surface area contributed by atoms with E-state index in [-0.39, 0.29) is 12.2 Å². The number of Topliss-reactive ketones (excluding diaryl/α,β-unsaturated/α-hetero) is 1. The number of benzene rings is 1. The van der Waals surface area contributed by atoms with Gasteiger partial charge in [-0.2, -0.15) is 0 Å². The maximum atomic E-state index is 13.6. The predicted octanol–water partition coefficient (Wildman–Crippen LogP) is 3.50. The minimum absolute atomic E-state index is 0.0904. The molecule has 0 aromatic heterocycles. The van der Waals surface area contributed by atoms with Crippen LogP contribution in [0.1, 0.15) is 51.4 Å². The average Bonchev–Trinajstić information content (AvgIpc) is 3.27. The van der Waals surface area contributed by atoms with Crippen molar-refractivity contribution in [1.29, 1.82) is 0 Å². The van der Waals surface area contributed by atoms with Gasteiger partial charge in [0.1, 0.15) is 12.4 Å². The van der Waals surface area contributed by atoms with E-state index in [0.717, 1.165) is 6.29 Å². The van der Waals surface area contributed by atoms with Crippen molar-refractivity contribution in [3.8, 4) is 0 Å². The zero-order valence-corrected chi connectivity index (χ0v) is 22.6. The number of esters is 2. The second kappa shape index (κ2) is 8.63. The Kier molecular flexibility index (Phi) is 5.98. The van der Waals surface area contributed by atoms with Crippen molar-refractivity contribution >= 4 is 29.7 Å². The number of para-hydroxylation sites is 1. The second-order valence-electron chi connectivity index (χ2n) is 11.8.